The van der Waals surface area contributed by atoms with Crippen LogP contribution in [0.2, 0.25) is 0 Å². The van der Waals surface area contributed by atoms with Crippen molar-refractivity contribution in [1.29, 1.82) is 5.26 Å². The van der Waals surface area contributed by atoms with Gasteiger partial charge in [0, 0.05) is 5.56 Å². The Labute approximate surface area is 115 Å². The molecule has 4 heteroatoms. The van der Waals surface area contributed by atoms with Crippen molar-refractivity contribution in [3.63, 3.8) is 0 Å². The fraction of sp³-hybridized carbons (Fsp3) is 0.0667. The molecule has 0 unspecified atom stereocenters. The van der Waals surface area contributed by atoms with Crippen molar-refractivity contribution in [1.82, 2.24) is 0 Å². The monoisotopic (exact) mass is 269 g/mol. The Morgan fingerprint density at radius 3 is 2.58 bits per heavy atom. The quantitative estimate of drug-likeness (QED) is 0.484. The van der Waals surface area contributed by atoms with Gasteiger partial charge in [0.25, 0.3) is 0 Å². The van der Waals surface area contributed by atoms with E-state index in [1.54, 1.807) is 37.5 Å². The van der Waals surface area contributed by atoms with Gasteiger partial charge >= 0.3 is 0 Å². The third-order valence-electron chi connectivity index (χ3n) is 2.57. The number of hydrogen-bond acceptors (Lipinski definition) is 4. The molecule has 0 saturated heterocycles. The highest BCUT2D eigenvalue weighted by molar-refractivity contribution is 7.08. The summed E-state index contributed by atoms with van der Waals surface area (Å²) in [6.45, 7) is 0. The van der Waals surface area contributed by atoms with Crippen LogP contribution in [0.4, 0.5) is 0 Å². The second-order valence-corrected chi connectivity index (χ2v) is 4.56. The molecule has 0 bridgehead atoms. The summed E-state index contributed by atoms with van der Waals surface area (Å²) < 4.78 is 5.03. The molecule has 0 spiro atoms. The van der Waals surface area contributed by atoms with Crippen molar-refractivity contribution in [2.24, 2.45) is 0 Å². The van der Waals surface area contributed by atoms with E-state index in [0.717, 1.165) is 5.56 Å². The average molecular weight is 269 g/mol. The summed E-state index contributed by atoms with van der Waals surface area (Å²) in [5, 5.41) is 12.9. The minimum absolute atomic E-state index is 0.128. The van der Waals surface area contributed by atoms with E-state index in [1.807, 2.05) is 22.9 Å². The van der Waals surface area contributed by atoms with Crippen molar-refractivity contribution >= 4 is 23.2 Å². The summed E-state index contributed by atoms with van der Waals surface area (Å²) in [5.74, 6) is 0.397. The van der Waals surface area contributed by atoms with E-state index in [1.165, 1.54) is 11.3 Å². The van der Waals surface area contributed by atoms with Crippen LogP contribution in [0.15, 0.2) is 46.7 Å². The largest absolute Gasteiger partial charge is 0.497 e. The van der Waals surface area contributed by atoms with E-state index in [0.29, 0.717) is 11.3 Å². The van der Waals surface area contributed by atoms with Gasteiger partial charge in [0.05, 0.1) is 7.11 Å². The molecule has 1 aromatic carbocycles. The molecule has 0 saturated carbocycles. The molecule has 0 aliphatic heterocycles. The zero-order valence-electron chi connectivity index (χ0n) is 10.3. The number of allylic oxidation sites excluding steroid dienone is 1. The fourth-order valence-electron chi connectivity index (χ4n) is 1.57. The van der Waals surface area contributed by atoms with E-state index < -0.39 is 0 Å². The second-order valence-electron chi connectivity index (χ2n) is 3.78. The van der Waals surface area contributed by atoms with Crippen LogP contribution in [0.25, 0.3) is 6.08 Å². The zero-order valence-corrected chi connectivity index (χ0v) is 11.1. The minimum atomic E-state index is -0.281. The van der Waals surface area contributed by atoms with Crippen LogP contribution >= 0.6 is 11.3 Å². The molecule has 94 valence electrons. The fourth-order valence-corrected chi connectivity index (χ4v) is 2.19. The van der Waals surface area contributed by atoms with Crippen LogP contribution in [0.1, 0.15) is 15.9 Å². The number of nitrogens with zero attached hydrogens (tertiary/aromatic N) is 1. The predicted molar refractivity (Wildman–Crippen MR) is 75.2 cm³/mol. The highest BCUT2D eigenvalue weighted by atomic mass is 32.1. The number of thiophene rings is 1. The summed E-state index contributed by atoms with van der Waals surface area (Å²) in [7, 11) is 1.56. The third-order valence-corrected chi connectivity index (χ3v) is 3.27. The molecule has 0 aliphatic carbocycles. The standard InChI is InChI=1S/C15H11NO2S/c1-18-14-4-2-12(3-5-14)15(17)13(9-16)8-11-6-7-19-10-11/h2-8,10H,1H3/b13-8+. The van der Waals surface area contributed by atoms with E-state index in [9.17, 15) is 4.79 Å². The number of hydrogen-bond donors (Lipinski definition) is 0. The second kappa shape index (κ2) is 5.98. The predicted octanol–water partition coefficient (Wildman–Crippen LogP) is 3.55. The van der Waals surface area contributed by atoms with Crippen LogP contribution < -0.4 is 4.74 Å². The number of nitriles is 1. The Bertz CT molecular complexity index is 634. The first-order chi connectivity index (χ1) is 9.24. The van der Waals surface area contributed by atoms with Gasteiger partial charge in [-0.1, -0.05) is 0 Å². The Balaban J connectivity index is 2.28. The van der Waals surface area contributed by atoms with Crippen molar-refractivity contribution in [2.45, 2.75) is 0 Å². The van der Waals surface area contributed by atoms with Gasteiger partial charge in [0.15, 0.2) is 0 Å². The molecule has 1 aromatic heterocycles. The summed E-state index contributed by atoms with van der Waals surface area (Å²) >= 11 is 1.52. The van der Waals surface area contributed by atoms with Gasteiger partial charge in [-0.3, -0.25) is 4.79 Å². The van der Waals surface area contributed by atoms with E-state index in [2.05, 4.69) is 0 Å². The lowest BCUT2D eigenvalue weighted by atomic mass is 10.0. The Hall–Kier alpha value is -2.38. The molecule has 2 rings (SSSR count). The molecule has 3 nitrogen and oxygen atoms in total. The number of Topliss-reactive ketones (excluding diaryl/α,β-unsaturated/α-hetero) is 1. The topological polar surface area (TPSA) is 50.1 Å². The lowest BCUT2D eigenvalue weighted by molar-refractivity contribution is 0.104. The number of rotatable bonds is 4. The third kappa shape index (κ3) is 3.09. The van der Waals surface area contributed by atoms with Crippen LogP contribution in [0.5, 0.6) is 5.75 Å². The Morgan fingerprint density at radius 2 is 2.05 bits per heavy atom. The van der Waals surface area contributed by atoms with Gasteiger partial charge in [-0.2, -0.15) is 16.6 Å². The van der Waals surface area contributed by atoms with Gasteiger partial charge in [-0.15, -0.1) is 0 Å². The van der Waals surface area contributed by atoms with Crippen LogP contribution in [-0.4, -0.2) is 12.9 Å². The van der Waals surface area contributed by atoms with Crippen molar-refractivity contribution in [3.05, 3.63) is 57.8 Å². The van der Waals surface area contributed by atoms with E-state index >= 15 is 0 Å². The molecule has 1 heterocycles. The molecular formula is C15H11NO2S. The van der Waals surface area contributed by atoms with Gasteiger partial charge in [-0.25, -0.2) is 0 Å². The van der Waals surface area contributed by atoms with Crippen molar-refractivity contribution < 1.29 is 9.53 Å². The van der Waals surface area contributed by atoms with Gasteiger partial charge < -0.3 is 4.74 Å². The molecule has 19 heavy (non-hydrogen) atoms. The maximum atomic E-state index is 12.2. The summed E-state index contributed by atoms with van der Waals surface area (Å²) in [6.07, 6.45) is 1.60. The van der Waals surface area contributed by atoms with Crippen molar-refractivity contribution in [3.8, 4) is 11.8 Å². The number of ether oxygens (including phenoxy) is 1. The normalized spacial score (nSPS) is 10.8. The van der Waals surface area contributed by atoms with E-state index in [4.69, 9.17) is 10.00 Å². The molecule has 0 aliphatic rings. The summed E-state index contributed by atoms with van der Waals surface area (Å²) in [5.41, 5.74) is 1.47. The molecular weight excluding hydrogens is 258 g/mol. The summed E-state index contributed by atoms with van der Waals surface area (Å²) in [6, 6.07) is 10.5. The minimum Gasteiger partial charge on any atom is -0.497 e. The smallest absolute Gasteiger partial charge is 0.203 e. The molecule has 0 radical (unpaired) electrons. The molecule has 0 amide bonds. The Kier molecular flexibility index (Phi) is 4.11. The maximum absolute atomic E-state index is 12.2. The Morgan fingerprint density at radius 1 is 1.32 bits per heavy atom. The van der Waals surface area contributed by atoms with E-state index in [-0.39, 0.29) is 11.4 Å². The molecule has 2 aromatic rings. The molecule has 0 atom stereocenters. The van der Waals surface area contributed by atoms with Gasteiger partial charge in [0.2, 0.25) is 5.78 Å². The summed E-state index contributed by atoms with van der Waals surface area (Å²) in [4.78, 5) is 12.2. The van der Waals surface area contributed by atoms with Gasteiger partial charge in [0.1, 0.15) is 17.4 Å². The lowest BCUT2D eigenvalue weighted by Crippen LogP contribution is -2.01. The number of carbonyl (C=O) groups is 1. The number of carbonyl (C=O) groups excluding carboxylic acids is 1. The first-order valence-corrected chi connectivity index (χ1v) is 6.51. The first-order valence-electron chi connectivity index (χ1n) is 5.57. The van der Waals surface area contributed by atoms with Gasteiger partial charge in [-0.05, 0) is 52.7 Å². The van der Waals surface area contributed by atoms with Crippen molar-refractivity contribution in [2.75, 3.05) is 7.11 Å². The highest BCUT2D eigenvalue weighted by Gasteiger charge is 2.12. The lowest BCUT2D eigenvalue weighted by Gasteiger charge is -2.02. The van der Waals surface area contributed by atoms with Crippen LogP contribution in [-0.2, 0) is 0 Å². The average Bonchev–Trinajstić information content (AvgIpc) is 2.97. The van der Waals surface area contributed by atoms with Crippen LogP contribution in [0.3, 0.4) is 0 Å². The highest BCUT2D eigenvalue weighted by Crippen LogP contribution is 2.17. The molecule has 0 N–H and O–H groups in total. The number of methoxy groups -OCH3 is 1. The zero-order chi connectivity index (χ0) is 13.7. The molecule has 0 fully saturated rings. The number of ketones is 1. The maximum Gasteiger partial charge on any atom is 0.203 e. The van der Waals surface area contributed by atoms with Crippen LogP contribution in [0, 0.1) is 11.3 Å². The SMILES string of the molecule is COc1ccc(C(=O)/C(C#N)=C/c2ccsc2)cc1. The number of benzene rings is 1. The first kappa shape index (κ1) is 13.1.